The number of para-hydroxylation sites is 3. The molecule has 0 spiro atoms. The van der Waals surface area contributed by atoms with Crippen LogP contribution in [0.1, 0.15) is 38.8 Å². The summed E-state index contributed by atoms with van der Waals surface area (Å²) in [7, 11) is 0. The van der Waals surface area contributed by atoms with E-state index in [1.165, 1.54) is 72.0 Å². The molecule has 0 fully saturated rings. The number of benzene rings is 8. The molecule has 3 nitrogen and oxygen atoms in total. The van der Waals surface area contributed by atoms with Crippen LogP contribution in [0.15, 0.2) is 204 Å². The van der Waals surface area contributed by atoms with Gasteiger partial charge in [0, 0.05) is 49.4 Å². The van der Waals surface area contributed by atoms with Crippen LogP contribution in [-0.2, 0) is 5.41 Å². The number of rotatable bonds is 6. The third kappa shape index (κ3) is 5.36. The second-order valence-corrected chi connectivity index (χ2v) is 17.8. The van der Waals surface area contributed by atoms with Gasteiger partial charge in [-0.3, -0.25) is 0 Å². The minimum absolute atomic E-state index is 0.0262. The van der Waals surface area contributed by atoms with E-state index in [9.17, 15) is 0 Å². The second kappa shape index (κ2) is 13.1. The third-order valence-corrected chi connectivity index (χ3v) is 13.4. The molecule has 0 saturated heterocycles. The lowest BCUT2D eigenvalue weighted by Gasteiger charge is -2.33. The summed E-state index contributed by atoms with van der Waals surface area (Å²) < 4.78 is 9.08. The zero-order valence-electron chi connectivity index (χ0n) is 34.8. The first-order valence-electron chi connectivity index (χ1n) is 21.3. The van der Waals surface area contributed by atoms with E-state index in [4.69, 9.17) is 4.42 Å². The minimum atomic E-state index is -0.0650. The number of furan rings is 1. The minimum Gasteiger partial charge on any atom is -0.454 e. The van der Waals surface area contributed by atoms with Crippen molar-refractivity contribution in [2.45, 2.75) is 33.1 Å². The van der Waals surface area contributed by atoms with Gasteiger partial charge in [-0.1, -0.05) is 149 Å². The predicted molar refractivity (Wildman–Crippen MR) is 256 cm³/mol. The second-order valence-electron chi connectivity index (χ2n) is 17.8. The number of hydrogen-bond donors (Lipinski definition) is 0. The smallest absolute Gasteiger partial charge is 0.159 e. The quantitative estimate of drug-likeness (QED) is 0.167. The molecule has 0 bridgehead atoms. The highest BCUT2D eigenvalue weighted by atomic mass is 16.3. The molecule has 0 unspecified atom stereocenters. The highest BCUT2D eigenvalue weighted by Gasteiger charge is 2.46. The first-order chi connectivity index (χ1) is 29.7. The fourth-order valence-corrected chi connectivity index (χ4v) is 10.7. The molecule has 10 aromatic rings. The largest absolute Gasteiger partial charge is 0.454 e. The Morgan fingerprint density at radius 2 is 1.10 bits per heavy atom. The topological polar surface area (TPSA) is 21.3 Å². The van der Waals surface area contributed by atoms with Gasteiger partial charge in [0.15, 0.2) is 5.58 Å². The molecule has 2 aliphatic carbocycles. The van der Waals surface area contributed by atoms with Crippen LogP contribution in [0.25, 0.3) is 77.3 Å². The van der Waals surface area contributed by atoms with Crippen molar-refractivity contribution in [1.29, 1.82) is 0 Å². The van der Waals surface area contributed by atoms with Gasteiger partial charge in [-0.05, 0) is 117 Å². The van der Waals surface area contributed by atoms with E-state index in [0.29, 0.717) is 0 Å². The van der Waals surface area contributed by atoms with Gasteiger partial charge in [-0.15, -0.1) is 0 Å². The molecule has 0 amide bonds. The first-order valence-corrected chi connectivity index (χ1v) is 21.3. The highest BCUT2D eigenvalue weighted by Crippen LogP contribution is 2.58. The Kier molecular flexibility index (Phi) is 7.62. The monoisotopic (exact) mass is 784 g/mol. The Labute approximate surface area is 356 Å². The Hall–Kier alpha value is -7.36. The average Bonchev–Trinajstić information content (AvgIpc) is 4.01. The van der Waals surface area contributed by atoms with Crippen LogP contribution in [0, 0.1) is 5.41 Å². The molecule has 8 aromatic carbocycles. The SMILES string of the molecule is CC1(C)C=CC2=C1C(C)(C)c1cc3c(cc12)c1cc(-c2ccc(N(c4ccc(-c5ccccc5)cc4)c4cccc5c4oc4ccccc45)cc2)ccc1n3-c1ccccc1. The fraction of sp³-hybridized carbons (Fsp3) is 0.103. The molecule has 61 heavy (non-hydrogen) atoms. The van der Waals surface area contributed by atoms with E-state index in [0.717, 1.165) is 39.0 Å². The Morgan fingerprint density at radius 1 is 0.492 bits per heavy atom. The van der Waals surface area contributed by atoms with Crippen molar-refractivity contribution in [3.05, 3.63) is 211 Å². The molecule has 2 aromatic heterocycles. The molecule has 0 atom stereocenters. The zero-order valence-corrected chi connectivity index (χ0v) is 34.8. The molecule has 0 saturated carbocycles. The van der Waals surface area contributed by atoms with Crippen molar-refractivity contribution in [2.75, 3.05) is 4.90 Å². The summed E-state index contributed by atoms with van der Waals surface area (Å²) in [4.78, 5) is 2.32. The fourth-order valence-electron chi connectivity index (χ4n) is 10.7. The lowest BCUT2D eigenvalue weighted by molar-refractivity contribution is 0.476. The van der Waals surface area contributed by atoms with E-state index in [2.05, 4.69) is 225 Å². The average molecular weight is 785 g/mol. The van der Waals surface area contributed by atoms with Crippen molar-refractivity contribution >= 4 is 66.4 Å². The van der Waals surface area contributed by atoms with Gasteiger partial charge in [-0.25, -0.2) is 0 Å². The van der Waals surface area contributed by atoms with Crippen LogP contribution in [0.5, 0.6) is 0 Å². The summed E-state index contributed by atoms with van der Waals surface area (Å²) in [5, 5.41) is 4.76. The Balaban J connectivity index is 1.00. The summed E-state index contributed by atoms with van der Waals surface area (Å²) in [6, 6.07) is 66.0. The maximum atomic E-state index is 6.63. The molecule has 3 heteroatoms. The van der Waals surface area contributed by atoms with E-state index in [-0.39, 0.29) is 10.8 Å². The summed E-state index contributed by atoms with van der Waals surface area (Å²) in [5.41, 5.74) is 18.9. The van der Waals surface area contributed by atoms with Crippen LogP contribution >= 0.6 is 0 Å². The molecule has 2 heterocycles. The van der Waals surface area contributed by atoms with Crippen LogP contribution in [0.2, 0.25) is 0 Å². The van der Waals surface area contributed by atoms with Gasteiger partial charge in [0.25, 0.3) is 0 Å². The van der Waals surface area contributed by atoms with Crippen molar-refractivity contribution in [3.63, 3.8) is 0 Å². The summed E-state index contributed by atoms with van der Waals surface area (Å²) in [5.74, 6) is 0. The number of hydrogen-bond acceptors (Lipinski definition) is 2. The maximum Gasteiger partial charge on any atom is 0.159 e. The van der Waals surface area contributed by atoms with Crippen LogP contribution < -0.4 is 4.90 Å². The van der Waals surface area contributed by atoms with Gasteiger partial charge in [0.1, 0.15) is 5.58 Å². The van der Waals surface area contributed by atoms with E-state index in [1.54, 1.807) is 0 Å². The number of aromatic nitrogens is 1. The lowest BCUT2D eigenvalue weighted by atomic mass is 9.70. The number of anilines is 3. The van der Waals surface area contributed by atoms with Gasteiger partial charge < -0.3 is 13.9 Å². The molecular weight excluding hydrogens is 741 g/mol. The van der Waals surface area contributed by atoms with Gasteiger partial charge in [-0.2, -0.15) is 0 Å². The molecule has 0 radical (unpaired) electrons. The lowest BCUT2D eigenvalue weighted by Crippen LogP contribution is -2.26. The summed E-state index contributed by atoms with van der Waals surface area (Å²) in [6.45, 7) is 9.53. The Morgan fingerprint density at radius 3 is 1.84 bits per heavy atom. The van der Waals surface area contributed by atoms with Gasteiger partial charge in [0.05, 0.1) is 16.7 Å². The summed E-state index contributed by atoms with van der Waals surface area (Å²) >= 11 is 0. The van der Waals surface area contributed by atoms with Crippen LogP contribution in [-0.4, -0.2) is 4.57 Å². The van der Waals surface area contributed by atoms with E-state index >= 15 is 0 Å². The highest BCUT2D eigenvalue weighted by molar-refractivity contribution is 6.13. The van der Waals surface area contributed by atoms with Crippen LogP contribution in [0.4, 0.5) is 17.1 Å². The molecule has 0 aliphatic heterocycles. The molecule has 292 valence electrons. The molecule has 12 rings (SSSR count). The number of fused-ring (bicyclic) bond motifs is 8. The Bertz CT molecular complexity index is 3430. The first kappa shape index (κ1) is 35.6. The van der Waals surface area contributed by atoms with E-state index in [1.807, 2.05) is 6.07 Å². The van der Waals surface area contributed by atoms with Gasteiger partial charge >= 0.3 is 0 Å². The van der Waals surface area contributed by atoms with Crippen molar-refractivity contribution in [2.24, 2.45) is 5.41 Å². The standard InChI is InChI=1S/C58H44N2O/c1-57(2)33-32-46-47-35-49-48-34-40(26-31-51(48)60(41-16-9-6-10-17-41)53(49)36-50(47)58(3,4)56(46)57)39-24-29-43(30-25-39)59(42-27-22-38(23-28-42)37-14-7-5-8-15-37)52-20-13-19-45-44-18-11-12-21-54(44)61-55(45)52/h5-36H,1-4H3. The van der Waals surface area contributed by atoms with Crippen LogP contribution in [0.3, 0.4) is 0 Å². The van der Waals surface area contributed by atoms with E-state index < -0.39 is 0 Å². The summed E-state index contributed by atoms with van der Waals surface area (Å²) in [6.07, 6.45) is 4.76. The number of nitrogens with zero attached hydrogens (tertiary/aromatic N) is 2. The van der Waals surface area contributed by atoms with Gasteiger partial charge in [0.2, 0.25) is 0 Å². The maximum absolute atomic E-state index is 6.63. The zero-order chi connectivity index (χ0) is 41.0. The molecule has 2 aliphatic rings. The number of allylic oxidation sites excluding steroid dienone is 4. The normalized spacial score (nSPS) is 15.0. The molecule has 0 N–H and O–H groups in total. The predicted octanol–water partition coefficient (Wildman–Crippen LogP) is 16.1. The van der Waals surface area contributed by atoms with Crippen molar-refractivity contribution in [1.82, 2.24) is 4.57 Å². The molecular formula is C58H44N2O. The van der Waals surface area contributed by atoms with Crippen molar-refractivity contribution < 1.29 is 4.42 Å². The third-order valence-electron chi connectivity index (χ3n) is 13.4. The van der Waals surface area contributed by atoms with Crippen molar-refractivity contribution in [3.8, 4) is 27.9 Å².